The summed E-state index contributed by atoms with van der Waals surface area (Å²) in [6.45, 7) is 2.75. The van der Waals surface area contributed by atoms with Crippen LogP contribution in [0, 0.1) is 17.1 Å². The molecule has 1 aromatic carbocycles. The molecule has 1 atom stereocenters. The third kappa shape index (κ3) is 3.03. The summed E-state index contributed by atoms with van der Waals surface area (Å²) in [5.74, 6) is -0.227. The number of rotatable bonds is 2. The molecule has 1 heterocycles. The summed E-state index contributed by atoms with van der Waals surface area (Å²) in [7, 11) is 0. The molecule has 1 aromatic rings. The first-order valence-electron chi connectivity index (χ1n) is 5.49. The zero-order valence-corrected chi connectivity index (χ0v) is 10.9. The first-order chi connectivity index (χ1) is 8.20. The van der Waals surface area contributed by atoms with Crippen molar-refractivity contribution < 1.29 is 4.39 Å². The molecule has 0 aliphatic carbocycles. The van der Waals surface area contributed by atoms with Crippen LogP contribution in [-0.2, 0) is 6.54 Å². The fourth-order valence-corrected chi connectivity index (χ4v) is 2.26. The molecular weight excluding hydrogens is 285 g/mol. The molecule has 17 heavy (non-hydrogen) atoms. The minimum Gasteiger partial charge on any atom is -0.313 e. The molecule has 1 aliphatic heterocycles. The summed E-state index contributed by atoms with van der Waals surface area (Å²) in [4.78, 5) is 2.00. The van der Waals surface area contributed by atoms with Gasteiger partial charge in [0.1, 0.15) is 11.9 Å². The summed E-state index contributed by atoms with van der Waals surface area (Å²) < 4.78 is 14.4. The Labute approximate surface area is 108 Å². The second kappa shape index (κ2) is 5.58. The van der Waals surface area contributed by atoms with Crippen LogP contribution in [0.15, 0.2) is 22.7 Å². The van der Waals surface area contributed by atoms with Crippen molar-refractivity contribution in [3.05, 3.63) is 34.1 Å². The lowest BCUT2D eigenvalue weighted by Crippen LogP contribution is -2.50. The molecule has 0 saturated carbocycles. The second-order valence-corrected chi connectivity index (χ2v) is 4.97. The minimum atomic E-state index is -0.227. The van der Waals surface area contributed by atoms with Gasteiger partial charge < -0.3 is 5.32 Å². The van der Waals surface area contributed by atoms with Gasteiger partial charge in [-0.15, -0.1) is 0 Å². The van der Waals surface area contributed by atoms with Crippen molar-refractivity contribution in [1.29, 1.82) is 5.26 Å². The third-order valence-corrected chi connectivity index (χ3v) is 3.39. The second-order valence-electron chi connectivity index (χ2n) is 4.06. The molecule has 3 nitrogen and oxygen atoms in total. The summed E-state index contributed by atoms with van der Waals surface area (Å²) in [5.41, 5.74) is 0.635. The van der Waals surface area contributed by atoms with E-state index < -0.39 is 0 Å². The molecule has 5 heteroatoms. The Kier molecular flexibility index (Phi) is 4.11. The van der Waals surface area contributed by atoms with Crippen LogP contribution in [0.3, 0.4) is 0 Å². The van der Waals surface area contributed by atoms with Crippen molar-refractivity contribution in [3.63, 3.8) is 0 Å². The number of piperazine rings is 1. The number of benzene rings is 1. The van der Waals surface area contributed by atoms with Crippen LogP contribution >= 0.6 is 15.9 Å². The van der Waals surface area contributed by atoms with E-state index in [2.05, 4.69) is 27.3 Å². The molecule has 1 aliphatic rings. The molecule has 0 bridgehead atoms. The van der Waals surface area contributed by atoms with Crippen molar-refractivity contribution in [2.45, 2.75) is 12.6 Å². The highest BCUT2D eigenvalue weighted by Crippen LogP contribution is 2.18. The van der Waals surface area contributed by atoms with Gasteiger partial charge in [0.2, 0.25) is 0 Å². The summed E-state index contributed by atoms with van der Waals surface area (Å²) in [6.07, 6.45) is 0. The summed E-state index contributed by atoms with van der Waals surface area (Å²) in [6, 6.07) is 7.10. The van der Waals surface area contributed by atoms with Crippen LogP contribution in [0.5, 0.6) is 0 Å². The standard InChI is InChI=1S/C12H13BrFN3/c13-10-2-1-9(12(14)5-10)8-17-4-3-16-7-11(17)6-15/h1-2,5,11,16H,3-4,7-8H2. The van der Waals surface area contributed by atoms with Crippen LogP contribution in [0.4, 0.5) is 4.39 Å². The van der Waals surface area contributed by atoms with E-state index in [-0.39, 0.29) is 11.9 Å². The van der Waals surface area contributed by atoms with Crippen molar-refractivity contribution in [1.82, 2.24) is 10.2 Å². The highest BCUT2D eigenvalue weighted by atomic mass is 79.9. The molecular formula is C12H13BrFN3. The van der Waals surface area contributed by atoms with E-state index in [1.54, 1.807) is 6.07 Å². The summed E-state index contributed by atoms with van der Waals surface area (Å²) >= 11 is 3.23. The van der Waals surface area contributed by atoms with Gasteiger partial charge >= 0.3 is 0 Å². The number of hydrogen-bond acceptors (Lipinski definition) is 3. The lowest BCUT2D eigenvalue weighted by Gasteiger charge is -2.31. The smallest absolute Gasteiger partial charge is 0.128 e. The Bertz CT molecular complexity index is 444. The number of nitrogens with zero attached hydrogens (tertiary/aromatic N) is 2. The highest BCUT2D eigenvalue weighted by molar-refractivity contribution is 9.10. The van der Waals surface area contributed by atoms with Crippen molar-refractivity contribution in [2.75, 3.05) is 19.6 Å². The molecule has 2 rings (SSSR count). The van der Waals surface area contributed by atoms with Gasteiger partial charge in [0.15, 0.2) is 0 Å². The minimum absolute atomic E-state index is 0.174. The monoisotopic (exact) mass is 297 g/mol. The lowest BCUT2D eigenvalue weighted by atomic mass is 10.1. The largest absolute Gasteiger partial charge is 0.313 e. The van der Waals surface area contributed by atoms with Gasteiger partial charge in [0, 0.05) is 36.2 Å². The van der Waals surface area contributed by atoms with Crippen LogP contribution in [-0.4, -0.2) is 30.6 Å². The average molecular weight is 298 g/mol. The maximum absolute atomic E-state index is 13.7. The van der Waals surface area contributed by atoms with Crippen LogP contribution in [0.2, 0.25) is 0 Å². The maximum Gasteiger partial charge on any atom is 0.128 e. The van der Waals surface area contributed by atoms with Crippen LogP contribution in [0.25, 0.3) is 0 Å². The van der Waals surface area contributed by atoms with E-state index in [0.717, 1.165) is 17.6 Å². The first kappa shape index (κ1) is 12.5. The zero-order chi connectivity index (χ0) is 12.3. The summed E-state index contributed by atoms with van der Waals surface area (Å²) in [5, 5.41) is 12.2. The quantitative estimate of drug-likeness (QED) is 0.906. The predicted molar refractivity (Wildman–Crippen MR) is 66.8 cm³/mol. The number of halogens is 2. The Morgan fingerprint density at radius 1 is 1.59 bits per heavy atom. The van der Waals surface area contributed by atoms with Crippen LogP contribution in [0.1, 0.15) is 5.56 Å². The normalized spacial score (nSPS) is 21.1. The molecule has 90 valence electrons. The fraction of sp³-hybridized carbons (Fsp3) is 0.417. The molecule has 0 spiro atoms. The predicted octanol–water partition coefficient (Wildman–Crippen LogP) is 1.89. The molecule has 1 unspecified atom stereocenters. The Morgan fingerprint density at radius 2 is 2.41 bits per heavy atom. The number of hydrogen-bond donors (Lipinski definition) is 1. The maximum atomic E-state index is 13.7. The van der Waals surface area contributed by atoms with E-state index >= 15 is 0 Å². The van der Waals surface area contributed by atoms with Gasteiger partial charge in [0.05, 0.1) is 6.07 Å². The zero-order valence-electron chi connectivity index (χ0n) is 9.29. The first-order valence-corrected chi connectivity index (χ1v) is 6.28. The van der Waals surface area contributed by atoms with Gasteiger partial charge in [-0.3, -0.25) is 4.90 Å². The van der Waals surface area contributed by atoms with E-state index in [0.29, 0.717) is 18.7 Å². The fourth-order valence-electron chi connectivity index (χ4n) is 1.93. The molecule has 1 N–H and O–H groups in total. The average Bonchev–Trinajstić information content (AvgIpc) is 2.33. The SMILES string of the molecule is N#CC1CNCCN1Cc1ccc(Br)cc1F. The molecule has 1 fully saturated rings. The lowest BCUT2D eigenvalue weighted by molar-refractivity contribution is 0.187. The Hall–Kier alpha value is -0.960. The van der Waals surface area contributed by atoms with Crippen molar-refractivity contribution in [2.24, 2.45) is 0 Å². The van der Waals surface area contributed by atoms with E-state index in [1.807, 2.05) is 11.0 Å². The molecule has 0 radical (unpaired) electrons. The Balaban J connectivity index is 2.11. The topological polar surface area (TPSA) is 39.1 Å². The highest BCUT2D eigenvalue weighted by Gasteiger charge is 2.22. The van der Waals surface area contributed by atoms with Gasteiger partial charge in [-0.1, -0.05) is 22.0 Å². The van der Waals surface area contributed by atoms with Gasteiger partial charge in [0.25, 0.3) is 0 Å². The van der Waals surface area contributed by atoms with Crippen molar-refractivity contribution >= 4 is 15.9 Å². The molecule has 1 saturated heterocycles. The van der Waals surface area contributed by atoms with E-state index in [9.17, 15) is 4.39 Å². The van der Waals surface area contributed by atoms with Gasteiger partial charge in [-0.05, 0) is 12.1 Å². The molecule has 0 amide bonds. The van der Waals surface area contributed by atoms with Gasteiger partial charge in [-0.2, -0.15) is 5.26 Å². The van der Waals surface area contributed by atoms with E-state index in [1.165, 1.54) is 6.07 Å². The number of nitrogens with one attached hydrogen (secondary N) is 1. The third-order valence-electron chi connectivity index (χ3n) is 2.89. The van der Waals surface area contributed by atoms with E-state index in [4.69, 9.17) is 5.26 Å². The van der Waals surface area contributed by atoms with Crippen molar-refractivity contribution in [3.8, 4) is 6.07 Å². The van der Waals surface area contributed by atoms with Gasteiger partial charge in [-0.25, -0.2) is 4.39 Å². The van der Waals surface area contributed by atoms with Crippen LogP contribution < -0.4 is 5.32 Å². The Morgan fingerprint density at radius 3 is 3.12 bits per heavy atom. The number of nitriles is 1. The molecule has 0 aromatic heterocycles.